The highest BCUT2D eigenvalue weighted by atomic mass is 79.9. The van der Waals surface area contributed by atoms with Crippen LogP contribution >= 0.6 is 15.9 Å². The lowest BCUT2D eigenvalue weighted by molar-refractivity contribution is 0.0702. The van der Waals surface area contributed by atoms with Crippen molar-refractivity contribution in [3.05, 3.63) is 76.1 Å². The van der Waals surface area contributed by atoms with Crippen LogP contribution in [0.4, 0.5) is 4.39 Å². The van der Waals surface area contributed by atoms with E-state index in [1.165, 1.54) is 17.7 Å². The molecule has 0 atom stereocenters. The number of hydrogen-bond donors (Lipinski definition) is 0. The summed E-state index contributed by atoms with van der Waals surface area (Å²) in [6, 6.07) is 16.8. The van der Waals surface area contributed by atoms with E-state index in [0.29, 0.717) is 6.61 Å². The number of hydrogen-bond acceptors (Lipinski definition) is 2. The van der Waals surface area contributed by atoms with Crippen LogP contribution in [-0.2, 0) is 17.9 Å². The van der Waals surface area contributed by atoms with Crippen LogP contribution in [0.2, 0.25) is 0 Å². The highest BCUT2D eigenvalue weighted by molar-refractivity contribution is 9.10. The van der Waals surface area contributed by atoms with E-state index in [0.717, 1.165) is 47.4 Å². The Morgan fingerprint density at radius 3 is 2.48 bits per heavy atom. The molecule has 3 nitrogen and oxygen atoms in total. The molecule has 3 aromatic rings. The van der Waals surface area contributed by atoms with E-state index in [-0.39, 0.29) is 11.2 Å². The predicted molar refractivity (Wildman–Crippen MR) is 108 cm³/mol. The molecule has 1 heterocycles. The lowest BCUT2D eigenvalue weighted by Crippen LogP contribution is -2.19. The molecule has 1 aliphatic rings. The minimum Gasteiger partial charge on any atom is -0.376 e. The van der Waals surface area contributed by atoms with Crippen LogP contribution in [0.15, 0.2) is 59.1 Å². The minimum absolute atomic E-state index is 0.140. The molecule has 1 aliphatic carbocycles. The molecule has 0 radical (unpaired) electrons. The van der Waals surface area contributed by atoms with Crippen molar-refractivity contribution in [2.24, 2.45) is 5.41 Å². The molecule has 140 valence electrons. The van der Waals surface area contributed by atoms with Gasteiger partial charge in [0, 0.05) is 17.5 Å². The quantitative estimate of drug-likeness (QED) is 0.478. The van der Waals surface area contributed by atoms with Crippen molar-refractivity contribution >= 4 is 15.9 Å². The third kappa shape index (κ3) is 4.14. The molecular formula is C22H22BrFN2O. The first-order valence-corrected chi connectivity index (χ1v) is 9.96. The summed E-state index contributed by atoms with van der Waals surface area (Å²) in [5.41, 5.74) is 4.24. The van der Waals surface area contributed by atoms with E-state index in [2.05, 4.69) is 28.1 Å². The molecule has 0 bridgehead atoms. The number of halogens is 2. The van der Waals surface area contributed by atoms with Crippen molar-refractivity contribution < 1.29 is 9.13 Å². The maximum Gasteiger partial charge on any atom is 0.123 e. The Morgan fingerprint density at radius 1 is 1.11 bits per heavy atom. The van der Waals surface area contributed by atoms with Crippen LogP contribution in [0, 0.1) is 18.2 Å². The van der Waals surface area contributed by atoms with Gasteiger partial charge in [0.05, 0.1) is 29.1 Å². The fourth-order valence-corrected chi connectivity index (χ4v) is 3.87. The summed E-state index contributed by atoms with van der Waals surface area (Å²) >= 11 is 3.66. The van der Waals surface area contributed by atoms with Crippen molar-refractivity contribution in [3.8, 4) is 11.3 Å². The van der Waals surface area contributed by atoms with Crippen molar-refractivity contribution in [1.82, 2.24) is 9.78 Å². The second-order valence-electron chi connectivity index (χ2n) is 7.39. The Bertz CT molecular complexity index is 917. The summed E-state index contributed by atoms with van der Waals surface area (Å²) in [5, 5.41) is 4.72. The molecule has 1 saturated carbocycles. The zero-order chi connectivity index (χ0) is 18.9. The summed E-state index contributed by atoms with van der Waals surface area (Å²) < 4.78 is 22.3. The van der Waals surface area contributed by atoms with Gasteiger partial charge < -0.3 is 4.74 Å². The van der Waals surface area contributed by atoms with E-state index in [9.17, 15) is 4.39 Å². The molecule has 27 heavy (non-hydrogen) atoms. The molecule has 0 spiro atoms. The second kappa shape index (κ2) is 7.56. The van der Waals surface area contributed by atoms with Crippen LogP contribution < -0.4 is 0 Å². The van der Waals surface area contributed by atoms with Gasteiger partial charge in [-0.05, 0) is 65.5 Å². The molecule has 1 fully saturated rings. The normalized spacial score (nSPS) is 15.1. The van der Waals surface area contributed by atoms with E-state index >= 15 is 0 Å². The van der Waals surface area contributed by atoms with Crippen molar-refractivity contribution in [2.45, 2.75) is 32.9 Å². The minimum atomic E-state index is -0.231. The van der Waals surface area contributed by atoms with E-state index in [4.69, 9.17) is 9.84 Å². The monoisotopic (exact) mass is 428 g/mol. The molecule has 4 rings (SSSR count). The second-order valence-corrected chi connectivity index (χ2v) is 8.18. The predicted octanol–water partition coefficient (Wildman–Crippen LogP) is 5.76. The van der Waals surface area contributed by atoms with E-state index in [1.54, 1.807) is 12.1 Å². The van der Waals surface area contributed by atoms with Crippen molar-refractivity contribution in [2.75, 3.05) is 6.61 Å². The lowest BCUT2D eigenvalue weighted by atomic mass is 10.1. The van der Waals surface area contributed by atoms with Crippen LogP contribution in [0.5, 0.6) is 0 Å². The van der Waals surface area contributed by atoms with Gasteiger partial charge in [0.25, 0.3) is 0 Å². The van der Waals surface area contributed by atoms with Gasteiger partial charge >= 0.3 is 0 Å². The smallest absolute Gasteiger partial charge is 0.123 e. The van der Waals surface area contributed by atoms with Crippen molar-refractivity contribution in [1.29, 1.82) is 0 Å². The molecule has 0 saturated heterocycles. The topological polar surface area (TPSA) is 27.1 Å². The largest absolute Gasteiger partial charge is 0.376 e. The Kier molecular flexibility index (Phi) is 5.15. The number of benzene rings is 2. The van der Waals surface area contributed by atoms with Gasteiger partial charge in [-0.25, -0.2) is 4.39 Å². The SMILES string of the molecule is Cc1nn(CC2(COCc3ccccc3)CC2)c(-c2ccc(F)cc2)c1Br. The molecule has 0 amide bonds. The summed E-state index contributed by atoms with van der Waals surface area (Å²) in [6.07, 6.45) is 2.28. The zero-order valence-corrected chi connectivity index (χ0v) is 16.9. The van der Waals surface area contributed by atoms with E-state index < -0.39 is 0 Å². The molecule has 5 heteroatoms. The average molecular weight is 429 g/mol. The van der Waals surface area contributed by atoms with E-state index in [1.807, 2.05) is 29.8 Å². The molecular weight excluding hydrogens is 407 g/mol. The Labute approximate surface area is 167 Å². The molecule has 0 unspecified atom stereocenters. The number of aromatic nitrogens is 2. The number of aryl methyl sites for hydroxylation is 1. The maximum atomic E-state index is 13.3. The summed E-state index contributed by atoms with van der Waals surface area (Å²) in [4.78, 5) is 0. The Morgan fingerprint density at radius 2 is 1.81 bits per heavy atom. The number of ether oxygens (including phenoxy) is 1. The molecule has 0 N–H and O–H groups in total. The third-order valence-electron chi connectivity index (χ3n) is 5.13. The van der Waals surface area contributed by atoms with Gasteiger partial charge in [0.2, 0.25) is 0 Å². The van der Waals surface area contributed by atoms with Gasteiger partial charge in [-0.2, -0.15) is 5.10 Å². The number of nitrogens with zero attached hydrogens (tertiary/aromatic N) is 2. The van der Waals surface area contributed by atoms with Crippen LogP contribution in [0.1, 0.15) is 24.1 Å². The summed E-state index contributed by atoms with van der Waals surface area (Å²) in [5.74, 6) is -0.231. The van der Waals surface area contributed by atoms with Gasteiger partial charge in [-0.1, -0.05) is 30.3 Å². The first-order valence-electron chi connectivity index (χ1n) is 9.17. The molecule has 2 aromatic carbocycles. The summed E-state index contributed by atoms with van der Waals surface area (Å²) in [7, 11) is 0. The van der Waals surface area contributed by atoms with Crippen molar-refractivity contribution in [3.63, 3.8) is 0 Å². The van der Waals surface area contributed by atoms with Gasteiger partial charge in [0.1, 0.15) is 5.82 Å². The number of rotatable bonds is 7. The maximum absolute atomic E-state index is 13.3. The highest BCUT2D eigenvalue weighted by Gasteiger charge is 2.44. The average Bonchev–Trinajstić information content (AvgIpc) is 3.37. The highest BCUT2D eigenvalue weighted by Crippen LogP contribution is 2.48. The third-order valence-corrected chi connectivity index (χ3v) is 6.08. The van der Waals surface area contributed by atoms with Crippen LogP contribution in [0.25, 0.3) is 11.3 Å². The molecule has 0 aliphatic heterocycles. The van der Waals surface area contributed by atoms with Gasteiger partial charge in [-0.15, -0.1) is 0 Å². The lowest BCUT2D eigenvalue weighted by Gasteiger charge is -2.18. The van der Waals surface area contributed by atoms with Gasteiger partial charge in [0.15, 0.2) is 0 Å². The molecule has 1 aromatic heterocycles. The van der Waals surface area contributed by atoms with Crippen LogP contribution in [0.3, 0.4) is 0 Å². The Hall–Kier alpha value is -1.98. The van der Waals surface area contributed by atoms with Crippen LogP contribution in [-0.4, -0.2) is 16.4 Å². The fourth-order valence-electron chi connectivity index (χ4n) is 3.36. The zero-order valence-electron chi connectivity index (χ0n) is 15.3. The summed E-state index contributed by atoms with van der Waals surface area (Å²) in [6.45, 7) is 4.15. The first-order chi connectivity index (χ1) is 13.1. The standard InChI is InChI=1S/C22H22BrFN2O/c1-16-20(23)21(18-7-9-19(24)10-8-18)26(25-16)14-22(11-12-22)15-27-13-17-5-3-2-4-6-17/h2-10H,11-15H2,1H3. The van der Waals surface area contributed by atoms with Gasteiger partial charge in [-0.3, -0.25) is 4.68 Å². The Balaban J connectivity index is 1.49. The fraction of sp³-hybridized carbons (Fsp3) is 0.318. The first kappa shape index (κ1) is 18.4.